The van der Waals surface area contributed by atoms with Crippen molar-refractivity contribution >= 4 is 0 Å². The van der Waals surface area contributed by atoms with Gasteiger partial charge >= 0.3 is 0 Å². The SMILES string of the molecule is CC(O)Oc1cccc(O)c1. The minimum absolute atomic E-state index is 0.128. The highest BCUT2D eigenvalue weighted by Crippen LogP contribution is 2.18. The third-order valence-electron chi connectivity index (χ3n) is 1.12. The Kier molecular flexibility index (Phi) is 2.33. The van der Waals surface area contributed by atoms with Crippen LogP contribution in [0.2, 0.25) is 0 Å². The summed E-state index contributed by atoms with van der Waals surface area (Å²) in [6.07, 6.45) is -0.850. The molecule has 0 heterocycles. The van der Waals surface area contributed by atoms with E-state index >= 15 is 0 Å². The lowest BCUT2D eigenvalue weighted by Crippen LogP contribution is -2.09. The molecule has 3 nitrogen and oxygen atoms in total. The minimum Gasteiger partial charge on any atom is -0.508 e. The smallest absolute Gasteiger partial charge is 0.194 e. The van der Waals surface area contributed by atoms with Gasteiger partial charge in [0.15, 0.2) is 6.29 Å². The van der Waals surface area contributed by atoms with Crippen molar-refractivity contribution in [3.05, 3.63) is 24.3 Å². The van der Waals surface area contributed by atoms with Crippen LogP contribution >= 0.6 is 0 Å². The highest BCUT2D eigenvalue weighted by molar-refractivity contribution is 5.31. The molecule has 1 unspecified atom stereocenters. The van der Waals surface area contributed by atoms with Gasteiger partial charge < -0.3 is 14.9 Å². The van der Waals surface area contributed by atoms with Crippen molar-refractivity contribution in [3.63, 3.8) is 0 Å². The van der Waals surface area contributed by atoms with Crippen molar-refractivity contribution in [2.75, 3.05) is 0 Å². The van der Waals surface area contributed by atoms with E-state index in [2.05, 4.69) is 0 Å². The molecule has 0 aromatic heterocycles. The number of aromatic hydroxyl groups is 1. The van der Waals surface area contributed by atoms with Crippen LogP contribution < -0.4 is 4.74 Å². The fraction of sp³-hybridized carbons (Fsp3) is 0.250. The summed E-state index contributed by atoms with van der Waals surface area (Å²) in [6, 6.07) is 6.28. The van der Waals surface area contributed by atoms with Crippen LogP contribution in [0.5, 0.6) is 11.5 Å². The maximum Gasteiger partial charge on any atom is 0.194 e. The first-order chi connectivity index (χ1) is 5.18. The summed E-state index contributed by atoms with van der Waals surface area (Å²) in [7, 11) is 0. The Balaban J connectivity index is 2.71. The molecule has 11 heavy (non-hydrogen) atoms. The Hall–Kier alpha value is -1.22. The van der Waals surface area contributed by atoms with E-state index in [9.17, 15) is 0 Å². The van der Waals surface area contributed by atoms with Crippen LogP contribution in [0.25, 0.3) is 0 Å². The van der Waals surface area contributed by atoms with E-state index in [4.69, 9.17) is 14.9 Å². The van der Waals surface area contributed by atoms with Gasteiger partial charge in [-0.15, -0.1) is 0 Å². The summed E-state index contributed by atoms with van der Waals surface area (Å²) in [5, 5.41) is 17.8. The molecule has 60 valence electrons. The molecule has 0 aliphatic rings. The average Bonchev–Trinajstić information content (AvgIpc) is 1.85. The standard InChI is InChI=1S/C8H10O3/c1-6(9)11-8-4-2-3-7(10)5-8/h2-6,9-10H,1H3. The summed E-state index contributed by atoms with van der Waals surface area (Å²) in [5.74, 6) is 0.586. The largest absolute Gasteiger partial charge is 0.508 e. The van der Waals surface area contributed by atoms with Crippen molar-refractivity contribution < 1.29 is 14.9 Å². The molecule has 1 aromatic carbocycles. The Morgan fingerprint density at radius 1 is 1.45 bits per heavy atom. The Morgan fingerprint density at radius 3 is 2.73 bits per heavy atom. The molecule has 0 radical (unpaired) electrons. The molecule has 0 aliphatic carbocycles. The lowest BCUT2D eigenvalue weighted by atomic mass is 10.3. The molecule has 0 saturated carbocycles. The topological polar surface area (TPSA) is 49.7 Å². The van der Waals surface area contributed by atoms with Gasteiger partial charge in [-0.25, -0.2) is 0 Å². The maximum absolute atomic E-state index is 8.96. The van der Waals surface area contributed by atoms with E-state index in [-0.39, 0.29) is 5.75 Å². The van der Waals surface area contributed by atoms with Crippen molar-refractivity contribution in [1.82, 2.24) is 0 Å². The number of rotatable bonds is 2. The maximum atomic E-state index is 8.96. The summed E-state index contributed by atoms with van der Waals surface area (Å²) in [5.41, 5.74) is 0. The van der Waals surface area contributed by atoms with Crippen molar-refractivity contribution in [2.45, 2.75) is 13.2 Å². The summed E-state index contributed by atoms with van der Waals surface area (Å²) < 4.78 is 4.89. The third kappa shape index (κ3) is 2.47. The molecule has 0 amide bonds. The highest BCUT2D eigenvalue weighted by Gasteiger charge is 1.97. The van der Waals surface area contributed by atoms with Gasteiger partial charge in [0, 0.05) is 6.07 Å². The van der Waals surface area contributed by atoms with Crippen LogP contribution in [0.3, 0.4) is 0 Å². The fourth-order valence-electron chi connectivity index (χ4n) is 0.754. The fourth-order valence-corrected chi connectivity index (χ4v) is 0.754. The number of benzene rings is 1. The molecule has 3 heteroatoms. The van der Waals surface area contributed by atoms with Gasteiger partial charge in [0.05, 0.1) is 0 Å². The van der Waals surface area contributed by atoms with Crippen LogP contribution in [0, 0.1) is 0 Å². The predicted octanol–water partition coefficient (Wildman–Crippen LogP) is 1.11. The summed E-state index contributed by atoms with van der Waals surface area (Å²) >= 11 is 0. The second-order valence-corrected chi connectivity index (χ2v) is 2.21. The molecule has 1 rings (SSSR count). The first-order valence-electron chi connectivity index (χ1n) is 3.32. The number of phenols is 1. The second kappa shape index (κ2) is 3.25. The van der Waals surface area contributed by atoms with E-state index in [0.717, 1.165) is 0 Å². The Bertz CT molecular complexity index is 233. The predicted molar refractivity (Wildman–Crippen MR) is 40.4 cm³/mol. The number of aliphatic hydroxyl groups is 1. The molecule has 0 spiro atoms. The van der Waals surface area contributed by atoms with Crippen molar-refractivity contribution in [3.8, 4) is 11.5 Å². The van der Waals surface area contributed by atoms with E-state index < -0.39 is 6.29 Å². The van der Waals surface area contributed by atoms with Crippen LogP contribution in [-0.2, 0) is 0 Å². The number of hydrogen-bond donors (Lipinski definition) is 2. The zero-order valence-corrected chi connectivity index (χ0v) is 6.19. The van der Waals surface area contributed by atoms with E-state index in [1.165, 1.54) is 19.1 Å². The molecule has 1 aromatic rings. The van der Waals surface area contributed by atoms with Gasteiger partial charge in [0.2, 0.25) is 0 Å². The van der Waals surface area contributed by atoms with Crippen molar-refractivity contribution in [2.24, 2.45) is 0 Å². The molecule has 2 N–H and O–H groups in total. The summed E-state index contributed by atoms with van der Waals surface area (Å²) in [4.78, 5) is 0. The van der Waals surface area contributed by atoms with E-state index in [1.807, 2.05) is 0 Å². The average molecular weight is 154 g/mol. The number of ether oxygens (including phenoxy) is 1. The van der Waals surface area contributed by atoms with Crippen molar-refractivity contribution in [1.29, 1.82) is 0 Å². The first-order valence-corrected chi connectivity index (χ1v) is 3.32. The minimum atomic E-state index is -0.850. The van der Waals surface area contributed by atoms with E-state index in [0.29, 0.717) is 5.75 Å². The highest BCUT2D eigenvalue weighted by atomic mass is 16.6. The van der Waals surface area contributed by atoms with Crippen LogP contribution in [0.1, 0.15) is 6.92 Å². The molecule has 0 saturated heterocycles. The number of aliphatic hydroxyl groups excluding tert-OH is 1. The monoisotopic (exact) mass is 154 g/mol. The zero-order valence-electron chi connectivity index (χ0n) is 6.19. The molecule has 0 fully saturated rings. The quantitative estimate of drug-likeness (QED) is 0.627. The van der Waals surface area contributed by atoms with Crippen LogP contribution in [-0.4, -0.2) is 16.5 Å². The van der Waals surface area contributed by atoms with Gasteiger partial charge in [-0.2, -0.15) is 0 Å². The van der Waals surface area contributed by atoms with Gasteiger partial charge in [-0.1, -0.05) is 6.07 Å². The Labute approximate surface area is 64.9 Å². The van der Waals surface area contributed by atoms with Gasteiger partial charge in [0.25, 0.3) is 0 Å². The van der Waals surface area contributed by atoms with Crippen LogP contribution in [0.15, 0.2) is 24.3 Å². The Morgan fingerprint density at radius 2 is 2.18 bits per heavy atom. The number of hydrogen-bond acceptors (Lipinski definition) is 3. The summed E-state index contributed by atoms with van der Waals surface area (Å²) in [6.45, 7) is 1.50. The lowest BCUT2D eigenvalue weighted by molar-refractivity contribution is -0.000391. The third-order valence-corrected chi connectivity index (χ3v) is 1.12. The molecule has 0 bridgehead atoms. The lowest BCUT2D eigenvalue weighted by Gasteiger charge is -2.07. The van der Waals surface area contributed by atoms with E-state index in [1.54, 1.807) is 12.1 Å². The van der Waals surface area contributed by atoms with Crippen LogP contribution in [0.4, 0.5) is 0 Å². The number of phenolic OH excluding ortho intramolecular Hbond substituents is 1. The normalized spacial score (nSPS) is 12.5. The zero-order chi connectivity index (χ0) is 8.27. The van der Waals surface area contributed by atoms with Gasteiger partial charge in [0.1, 0.15) is 11.5 Å². The molecular weight excluding hydrogens is 144 g/mol. The first kappa shape index (κ1) is 7.88. The molecule has 0 aliphatic heterocycles. The molecular formula is C8H10O3. The van der Waals surface area contributed by atoms with Gasteiger partial charge in [-0.05, 0) is 19.1 Å². The second-order valence-electron chi connectivity index (χ2n) is 2.21. The van der Waals surface area contributed by atoms with Gasteiger partial charge in [-0.3, -0.25) is 0 Å². The molecule has 1 atom stereocenters.